The maximum absolute atomic E-state index is 13.6. The molecule has 0 spiro atoms. The number of anilines is 1. The average Bonchev–Trinajstić information content (AvgIpc) is 2.20. The third kappa shape index (κ3) is 1.81. The molecule has 2 aromatic carbocycles. The minimum absolute atomic E-state index is 0.358. The van der Waals surface area contributed by atoms with Crippen LogP contribution in [0.2, 0.25) is 5.02 Å². The van der Waals surface area contributed by atoms with Gasteiger partial charge in [-0.3, -0.25) is 0 Å². The van der Waals surface area contributed by atoms with E-state index in [1.54, 1.807) is 36.4 Å². The van der Waals surface area contributed by atoms with Gasteiger partial charge in [-0.25, -0.2) is 4.39 Å². The van der Waals surface area contributed by atoms with Crippen molar-refractivity contribution in [3.63, 3.8) is 0 Å². The zero-order chi connectivity index (χ0) is 10.8. The lowest BCUT2D eigenvalue weighted by Gasteiger charge is -2.08. The van der Waals surface area contributed by atoms with E-state index in [-0.39, 0.29) is 5.82 Å². The summed E-state index contributed by atoms with van der Waals surface area (Å²) in [4.78, 5) is 0. The Morgan fingerprint density at radius 3 is 2.40 bits per heavy atom. The molecule has 0 amide bonds. The van der Waals surface area contributed by atoms with Crippen molar-refractivity contribution < 1.29 is 4.39 Å². The van der Waals surface area contributed by atoms with Crippen LogP contribution in [-0.2, 0) is 0 Å². The van der Waals surface area contributed by atoms with E-state index >= 15 is 0 Å². The van der Waals surface area contributed by atoms with Gasteiger partial charge in [0.15, 0.2) is 0 Å². The number of benzene rings is 2. The van der Waals surface area contributed by atoms with Crippen LogP contribution in [0.1, 0.15) is 0 Å². The first kappa shape index (κ1) is 9.99. The van der Waals surface area contributed by atoms with Gasteiger partial charge in [0.1, 0.15) is 5.82 Å². The van der Waals surface area contributed by atoms with E-state index < -0.39 is 0 Å². The van der Waals surface area contributed by atoms with Crippen LogP contribution >= 0.6 is 11.6 Å². The van der Waals surface area contributed by atoms with E-state index in [0.29, 0.717) is 21.8 Å². The predicted molar refractivity (Wildman–Crippen MR) is 61.3 cm³/mol. The van der Waals surface area contributed by atoms with Gasteiger partial charge in [-0.1, -0.05) is 35.9 Å². The van der Waals surface area contributed by atoms with Crippen LogP contribution in [0.4, 0.5) is 10.1 Å². The summed E-state index contributed by atoms with van der Waals surface area (Å²) in [7, 11) is 0. The normalized spacial score (nSPS) is 10.3. The Morgan fingerprint density at radius 2 is 1.73 bits per heavy atom. The number of nitrogen functional groups attached to an aromatic ring is 1. The molecule has 3 heteroatoms. The number of hydrogen-bond acceptors (Lipinski definition) is 1. The Bertz CT molecular complexity index is 476. The maximum atomic E-state index is 13.6. The number of nitrogens with two attached hydrogens (primary N) is 1. The van der Waals surface area contributed by atoms with Crippen molar-refractivity contribution >= 4 is 17.3 Å². The Hall–Kier alpha value is -1.54. The van der Waals surface area contributed by atoms with Crippen LogP contribution in [0, 0.1) is 5.82 Å². The van der Waals surface area contributed by atoms with Crippen LogP contribution in [0.5, 0.6) is 0 Å². The smallest absolute Gasteiger partial charge is 0.133 e. The molecule has 2 N–H and O–H groups in total. The van der Waals surface area contributed by atoms with Gasteiger partial charge in [0.2, 0.25) is 0 Å². The molecule has 2 rings (SSSR count). The van der Waals surface area contributed by atoms with Gasteiger partial charge in [-0.2, -0.15) is 0 Å². The fourth-order valence-electron chi connectivity index (χ4n) is 1.49. The van der Waals surface area contributed by atoms with Crippen molar-refractivity contribution in [3.8, 4) is 11.1 Å². The Kier molecular flexibility index (Phi) is 2.60. The first-order valence-corrected chi connectivity index (χ1v) is 4.87. The van der Waals surface area contributed by atoms with Crippen molar-refractivity contribution in [2.45, 2.75) is 0 Å². The topological polar surface area (TPSA) is 26.0 Å². The van der Waals surface area contributed by atoms with Crippen LogP contribution < -0.4 is 5.73 Å². The van der Waals surface area contributed by atoms with Gasteiger partial charge >= 0.3 is 0 Å². The molecule has 0 saturated carbocycles. The Balaban J connectivity index is 2.69. The number of hydrogen-bond donors (Lipinski definition) is 1. The molecule has 0 unspecified atom stereocenters. The molecular formula is C12H9ClFN. The summed E-state index contributed by atoms with van der Waals surface area (Å²) in [6, 6.07) is 11.7. The highest BCUT2D eigenvalue weighted by Crippen LogP contribution is 2.33. The second kappa shape index (κ2) is 3.91. The Labute approximate surface area is 92.3 Å². The lowest BCUT2D eigenvalue weighted by atomic mass is 10.0. The monoisotopic (exact) mass is 221 g/mol. The summed E-state index contributed by atoms with van der Waals surface area (Å²) < 4.78 is 13.6. The predicted octanol–water partition coefficient (Wildman–Crippen LogP) is 3.73. The fourth-order valence-corrected chi connectivity index (χ4v) is 1.72. The SMILES string of the molecule is Nc1cccc(F)c1-c1ccccc1Cl. The zero-order valence-electron chi connectivity index (χ0n) is 7.87. The summed E-state index contributed by atoms with van der Waals surface area (Å²) >= 11 is 5.98. The summed E-state index contributed by atoms with van der Waals surface area (Å²) in [5.74, 6) is -0.358. The van der Waals surface area contributed by atoms with Crippen LogP contribution in [0.3, 0.4) is 0 Å². The lowest BCUT2D eigenvalue weighted by Crippen LogP contribution is -1.93. The van der Waals surface area contributed by atoms with Gasteiger partial charge in [-0.05, 0) is 18.2 Å². The third-order valence-electron chi connectivity index (χ3n) is 2.19. The molecule has 0 saturated heterocycles. The van der Waals surface area contributed by atoms with Gasteiger partial charge in [-0.15, -0.1) is 0 Å². The summed E-state index contributed by atoms with van der Waals surface area (Å²) in [6.07, 6.45) is 0. The summed E-state index contributed by atoms with van der Waals surface area (Å²) in [5, 5.41) is 0.495. The van der Waals surface area contributed by atoms with Gasteiger partial charge in [0.05, 0.1) is 0 Å². The highest BCUT2D eigenvalue weighted by Gasteiger charge is 2.10. The summed E-state index contributed by atoms with van der Waals surface area (Å²) in [5.41, 5.74) is 7.10. The molecule has 15 heavy (non-hydrogen) atoms. The minimum atomic E-state index is -0.358. The largest absolute Gasteiger partial charge is 0.398 e. The van der Waals surface area contributed by atoms with Crippen LogP contribution in [0.25, 0.3) is 11.1 Å². The average molecular weight is 222 g/mol. The first-order valence-electron chi connectivity index (χ1n) is 4.49. The molecule has 0 aliphatic rings. The molecule has 76 valence electrons. The molecular weight excluding hydrogens is 213 g/mol. The number of halogens is 2. The highest BCUT2D eigenvalue weighted by atomic mass is 35.5. The van der Waals surface area contributed by atoms with Crippen molar-refractivity contribution in [1.29, 1.82) is 0 Å². The van der Waals surface area contributed by atoms with E-state index in [1.165, 1.54) is 6.07 Å². The van der Waals surface area contributed by atoms with Crippen LogP contribution in [0.15, 0.2) is 42.5 Å². The van der Waals surface area contributed by atoms with Crippen molar-refractivity contribution in [2.75, 3.05) is 5.73 Å². The second-order valence-corrected chi connectivity index (χ2v) is 3.59. The molecule has 0 bridgehead atoms. The van der Waals surface area contributed by atoms with Gasteiger partial charge in [0.25, 0.3) is 0 Å². The third-order valence-corrected chi connectivity index (χ3v) is 2.52. The molecule has 0 radical (unpaired) electrons. The molecule has 0 atom stereocenters. The molecule has 0 fully saturated rings. The van der Waals surface area contributed by atoms with Crippen molar-refractivity contribution in [1.82, 2.24) is 0 Å². The van der Waals surface area contributed by atoms with Gasteiger partial charge in [0, 0.05) is 21.8 Å². The first-order chi connectivity index (χ1) is 7.20. The standard InChI is InChI=1S/C12H9ClFN/c13-9-5-2-1-4-8(9)12-10(14)6-3-7-11(12)15/h1-7H,15H2. The van der Waals surface area contributed by atoms with E-state index in [4.69, 9.17) is 17.3 Å². The molecule has 0 aliphatic carbocycles. The fraction of sp³-hybridized carbons (Fsp3) is 0. The molecule has 2 aromatic rings. The molecule has 0 heterocycles. The number of rotatable bonds is 1. The van der Waals surface area contributed by atoms with Gasteiger partial charge < -0.3 is 5.73 Å². The second-order valence-electron chi connectivity index (χ2n) is 3.18. The zero-order valence-corrected chi connectivity index (χ0v) is 8.63. The molecule has 0 aliphatic heterocycles. The Morgan fingerprint density at radius 1 is 1.00 bits per heavy atom. The van der Waals surface area contributed by atoms with E-state index in [2.05, 4.69) is 0 Å². The molecule has 0 aromatic heterocycles. The van der Waals surface area contributed by atoms with E-state index in [0.717, 1.165) is 0 Å². The highest BCUT2D eigenvalue weighted by molar-refractivity contribution is 6.33. The van der Waals surface area contributed by atoms with E-state index in [1.807, 2.05) is 0 Å². The van der Waals surface area contributed by atoms with E-state index in [9.17, 15) is 4.39 Å². The lowest BCUT2D eigenvalue weighted by molar-refractivity contribution is 0.632. The van der Waals surface area contributed by atoms with Crippen molar-refractivity contribution in [2.24, 2.45) is 0 Å². The quantitative estimate of drug-likeness (QED) is 0.730. The maximum Gasteiger partial charge on any atom is 0.133 e. The summed E-state index contributed by atoms with van der Waals surface area (Å²) in [6.45, 7) is 0. The van der Waals surface area contributed by atoms with Crippen molar-refractivity contribution in [3.05, 3.63) is 53.3 Å². The molecule has 1 nitrogen and oxygen atoms in total. The van der Waals surface area contributed by atoms with Crippen LogP contribution in [-0.4, -0.2) is 0 Å². The minimum Gasteiger partial charge on any atom is -0.398 e.